The average Bonchev–Trinajstić information content (AvgIpc) is 2.92. The van der Waals surface area contributed by atoms with Crippen molar-refractivity contribution in [2.24, 2.45) is 0 Å². The Morgan fingerprint density at radius 2 is 2.20 bits per heavy atom. The molecule has 110 valence electrons. The maximum Gasteiger partial charge on any atom is 0.341 e. The van der Waals surface area contributed by atoms with Gasteiger partial charge in [0.05, 0.1) is 24.0 Å². The zero-order chi connectivity index (χ0) is 14.5. The van der Waals surface area contributed by atoms with Crippen LogP contribution in [0.4, 0.5) is 14.5 Å². The van der Waals surface area contributed by atoms with E-state index < -0.39 is 17.6 Å². The fourth-order valence-electron chi connectivity index (χ4n) is 2.15. The molecule has 4 nitrogen and oxygen atoms in total. The van der Waals surface area contributed by atoms with Crippen LogP contribution >= 0.6 is 0 Å². The van der Waals surface area contributed by atoms with E-state index >= 15 is 0 Å². The summed E-state index contributed by atoms with van der Waals surface area (Å²) in [6.07, 6.45) is 3.77. The quantitative estimate of drug-likeness (QED) is 0.513. The maximum atomic E-state index is 13.4. The van der Waals surface area contributed by atoms with Crippen LogP contribution in [-0.2, 0) is 9.47 Å². The molecule has 0 spiro atoms. The first-order valence-electron chi connectivity index (χ1n) is 6.61. The average molecular weight is 285 g/mol. The van der Waals surface area contributed by atoms with Crippen molar-refractivity contribution < 1.29 is 23.0 Å². The zero-order valence-corrected chi connectivity index (χ0v) is 11.0. The van der Waals surface area contributed by atoms with Gasteiger partial charge in [0.1, 0.15) is 11.6 Å². The Labute approximate surface area is 115 Å². The molecule has 1 atom stereocenters. The number of hydrogen-bond donors (Lipinski definition) is 1. The summed E-state index contributed by atoms with van der Waals surface area (Å²) in [5, 5.41) is 0. The van der Waals surface area contributed by atoms with E-state index in [1.54, 1.807) is 0 Å². The van der Waals surface area contributed by atoms with Crippen molar-refractivity contribution in [3.05, 3.63) is 29.3 Å². The fraction of sp³-hybridized carbons (Fsp3) is 0.500. The highest BCUT2D eigenvalue weighted by atomic mass is 19.1. The molecule has 0 saturated carbocycles. The minimum Gasteiger partial charge on any atom is -0.462 e. The number of halogens is 2. The number of carbonyl (C=O) groups is 1. The van der Waals surface area contributed by atoms with Gasteiger partial charge in [-0.15, -0.1) is 0 Å². The minimum atomic E-state index is -0.971. The molecule has 0 aromatic heterocycles. The van der Waals surface area contributed by atoms with Crippen LogP contribution in [0.3, 0.4) is 0 Å². The van der Waals surface area contributed by atoms with Crippen LogP contribution in [0.25, 0.3) is 0 Å². The fourth-order valence-corrected chi connectivity index (χ4v) is 2.15. The van der Waals surface area contributed by atoms with Crippen molar-refractivity contribution in [2.45, 2.75) is 31.8 Å². The molecule has 0 bridgehead atoms. The molecule has 1 unspecified atom stereocenters. The lowest BCUT2D eigenvalue weighted by Gasteiger charge is -2.10. The van der Waals surface area contributed by atoms with Crippen molar-refractivity contribution in [3.8, 4) is 0 Å². The van der Waals surface area contributed by atoms with E-state index in [1.807, 2.05) is 0 Å². The van der Waals surface area contributed by atoms with Gasteiger partial charge in [0.25, 0.3) is 0 Å². The maximum absolute atomic E-state index is 13.4. The first-order valence-corrected chi connectivity index (χ1v) is 6.61. The van der Waals surface area contributed by atoms with Gasteiger partial charge in [-0.1, -0.05) is 0 Å². The number of nitrogen functional groups attached to an aromatic ring is 1. The molecule has 2 N–H and O–H groups in total. The number of rotatable bonds is 5. The van der Waals surface area contributed by atoms with Gasteiger partial charge in [-0.3, -0.25) is 0 Å². The van der Waals surface area contributed by atoms with Gasteiger partial charge in [-0.05, 0) is 31.7 Å². The SMILES string of the molecule is Nc1cc(C(=O)OCCCC2CCCO2)c(F)cc1F. The second-order valence-electron chi connectivity index (χ2n) is 4.77. The number of nitrogens with two attached hydrogens (primary N) is 1. The first-order chi connectivity index (χ1) is 9.58. The van der Waals surface area contributed by atoms with E-state index in [0.717, 1.165) is 31.9 Å². The summed E-state index contributed by atoms with van der Waals surface area (Å²) in [6, 6.07) is 1.53. The van der Waals surface area contributed by atoms with Gasteiger partial charge in [0, 0.05) is 12.7 Å². The van der Waals surface area contributed by atoms with Gasteiger partial charge in [0.2, 0.25) is 0 Å². The van der Waals surface area contributed by atoms with Gasteiger partial charge in [-0.2, -0.15) is 0 Å². The summed E-state index contributed by atoms with van der Waals surface area (Å²) in [5.74, 6) is -2.69. The molecule has 20 heavy (non-hydrogen) atoms. The summed E-state index contributed by atoms with van der Waals surface area (Å²) in [7, 11) is 0. The van der Waals surface area contributed by atoms with Crippen LogP contribution in [0.5, 0.6) is 0 Å². The van der Waals surface area contributed by atoms with Crippen molar-refractivity contribution in [3.63, 3.8) is 0 Å². The molecule has 1 aromatic carbocycles. The number of ether oxygens (including phenoxy) is 2. The monoisotopic (exact) mass is 285 g/mol. The summed E-state index contributed by atoms with van der Waals surface area (Å²) in [5.41, 5.74) is 4.67. The number of carbonyl (C=O) groups excluding carboxylic acids is 1. The summed E-state index contributed by atoms with van der Waals surface area (Å²) in [6.45, 7) is 0.958. The molecule has 0 amide bonds. The first kappa shape index (κ1) is 14.7. The summed E-state index contributed by atoms with van der Waals surface area (Å²) >= 11 is 0. The van der Waals surface area contributed by atoms with Crippen molar-refractivity contribution in [2.75, 3.05) is 18.9 Å². The topological polar surface area (TPSA) is 61.6 Å². The lowest BCUT2D eigenvalue weighted by atomic mass is 10.1. The Bertz CT molecular complexity index is 488. The molecule has 0 radical (unpaired) electrons. The third-order valence-electron chi connectivity index (χ3n) is 3.23. The summed E-state index contributed by atoms with van der Waals surface area (Å²) < 4.78 is 36.8. The third kappa shape index (κ3) is 3.66. The number of benzene rings is 1. The third-order valence-corrected chi connectivity index (χ3v) is 3.23. The van der Waals surface area contributed by atoms with Gasteiger partial charge in [-0.25, -0.2) is 13.6 Å². The van der Waals surface area contributed by atoms with E-state index in [1.165, 1.54) is 0 Å². The van der Waals surface area contributed by atoms with Crippen molar-refractivity contribution in [1.82, 2.24) is 0 Å². The Balaban J connectivity index is 1.81. The molecule has 1 fully saturated rings. The lowest BCUT2D eigenvalue weighted by Crippen LogP contribution is -2.12. The van der Waals surface area contributed by atoms with Crippen molar-refractivity contribution in [1.29, 1.82) is 0 Å². The Kier molecular flexibility index (Phi) is 4.89. The van der Waals surface area contributed by atoms with Gasteiger partial charge in [0.15, 0.2) is 0 Å². The molecule has 1 aliphatic rings. The normalized spacial score (nSPS) is 18.2. The molecule has 6 heteroatoms. The van der Waals surface area contributed by atoms with Crippen LogP contribution in [0.1, 0.15) is 36.0 Å². The number of hydrogen-bond acceptors (Lipinski definition) is 4. The Morgan fingerprint density at radius 1 is 1.40 bits per heavy atom. The Morgan fingerprint density at radius 3 is 2.90 bits per heavy atom. The predicted octanol–water partition coefficient (Wildman–Crippen LogP) is 2.66. The molecule has 1 aliphatic heterocycles. The van der Waals surface area contributed by atoms with Crippen molar-refractivity contribution >= 4 is 11.7 Å². The Hall–Kier alpha value is -1.69. The van der Waals surface area contributed by atoms with Crippen LogP contribution in [0.15, 0.2) is 12.1 Å². The molecule has 1 saturated heterocycles. The second kappa shape index (κ2) is 6.65. The van der Waals surface area contributed by atoms with E-state index in [-0.39, 0.29) is 24.0 Å². The zero-order valence-electron chi connectivity index (χ0n) is 11.0. The molecule has 1 heterocycles. The highest BCUT2D eigenvalue weighted by Gasteiger charge is 2.18. The van der Waals surface area contributed by atoms with Gasteiger partial charge < -0.3 is 15.2 Å². The van der Waals surface area contributed by atoms with E-state index in [2.05, 4.69) is 0 Å². The molecule has 1 aromatic rings. The minimum absolute atomic E-state index is 0.176. The highest BCUT2D eigenvalue weighted by Crippen LogP contribution is 2.19. The molecule has 2 rings (SSSR count). The number of esters is 1. The lowest BCUT2D eigenvalue weighted by molar-refractivity contribution is 0.0456. The standard InChI is InChI=1S/C14H17F2NO3/c15-11-8-12(16)13(17)7-10(11)14(18)20-6-2-4-9-3-1-5-19-9/h7-9H,1-6,17H2. The van der Waals surface area contributed by atoms with Crippen LogP contribution in [0.2, 0.25) is 0 Å². The van der Waals surface area contributed by atoms with Gasteiger partial charge >= 0.3 is 5.97 Å². The molecular weight excluding hydrogens is 268 g/mol. The van der Waals surface area contributed by atoms with E-state index in [9.17, 15) is 13.6 Å². The molecule has 0 aliphatic carbocycles. The van der Waals surface area contributed by atoms with Crippen LogP contribution in [0, 0.1) is 11.6 Å². The van der Waals surface area contributed by atoms with E-state index in [4.69, 9.17) is 15.2 Å². The van der Waals surface area contributed by atoms with Crippen LogP contribution in [-0.4, -0.2) is 25.3 Å². The highest BCUT2D eigenvalue weighted by molar-refractivity contribution is 5.90. The predicted molar refractivity (Wildman–Crippen MR) is 69.3 cm³/mol. The number of anilines is 1. The largest absolute Gasteiger partial charge is 0.462 e. The van der Waals surface area contributed by atoms with E-state index in [0.29, 0.717) is 12.5 Å². The summed E-state index contributed by atoms with van der Waals surface area (Å²) in [4.78, 5) is 11.7. The smallest absolute Gasteiger partial charge is 0.341 e. The van der Waals surface area contributed by atoms with Crippen LogP contribution < -0.4 is 5.73 Å². The molecular formula is C14H17F2NO3. The second-order valence-corrected chi connectivity index (χ2v) is 4.77.